The number of fused-ring (bicyclic) bond motifs is 1. The van der Waals surface area contributed by atoms with E-state index in [0.29, 0.717) is 5.78 Å². The molecule has 0 aromatic rings. The Labute approximate surface area is 93.6 Å². The minimum Gasteiger partial charge on any atom is -0.299 e. The molecule has 2 fully saturated rings. The summed E-state index contributed by atoms with van der Waals surface area (Å²) in [6, 6.07) is 0. The van der Waals surface area contributed by atoms with E-state index in [2.05, 4.69) is 27.7 Å². The fraction of sp³-hybridized carbons (Fsp3) is 0.929. The second kappa shape index (κ2) is 3.33. The van der Waals surface area contributed by atoms with Gasteiger partial charge in [0.1, 0.15) is 5.78 Å². The van der Waals surface area contributed by atoms with Crippen LogP contribution in [0.15, 0.2) is 0 Å². The van der Waals surface area contributed by atoms with Gasteiger partial charge in [-0.2, -0.15) is 0 Å². The molecule has 0 amide bonds. The largest absolute Gasteiger partial charge is 0.299 e. The van der Waals surface area contributed by atoms with Crippen LogP contribution in [0.1, 0.15) is 59.8 Å². The van der Waals surface area contributed by atoms with Gasteiger partial charge in [0.2, 0.25) is 0 Å². The molecule has 0 bridgehead atoms. The van der Waals surface area contributed by atoms with Gasteiger partial charge in [0.25, 0.3) is 0 Å². The Balaban J connectivity index is 2.37. The maximum Gasteiger partial charge on any atom is 0.139 e. The average Bonchev–Trinajstić information content (AvgIpc) is 2.41. The Morgan fingerprint density at radius 1 is 1.27 bits per heavy atom. The van der Waals surface area contributed by atoms with Gasteiger partial charge in [0.15, 0.2) is 0 Å². The van der Waals surface area contributed by atoms with Gasteiger partial charge in [-0.1, -0.05) is 27.7 Å². The molecule has 1 heteroatoms. The van der Waals surface area contributed by atoms with E-state index < -0.39 is 0 Å². The van der Waals surface area contributed by atoms with Crippen molar-refractivity contribution in [1.29, 1.82) is 0 Å². The number of hydrogen-bond acceptors (Lipinski definition) is 1. The van der Waals surface area contributed by atoms with Gasteiger partial charge in [-0.05, 0) is 42.9 Å². The first-order valence-electron chi connectivity index (χ1n) is 6.45. The fourth-order valence-corrected chi connectivity index (χ4v) is 4.34. The third-order valence-corrected chi connectivity index (χ3v) is 5.55. The molecule has 0 saturated heterocycles. The van der Waals surface area contributed by atoms with Crippen molar-refractivity contribution in [2.45, 2.75) is 59.8 Å². The summed E-state index contributed by atoms with van der Waals surface area (Å²) in [5.74, 6) is 2.02. The molecule has 2 saturated carbocycles. The lowest BCUT2D eigenvalue weighted by Crippen LogP contribution is -2.46. The predicted octanol–water partition coefficient (Wildman–Crippen LogP) is 3.82. The van der Waals surface area contributed by atoms with Crippen molar-refractivity contribution < 1.29 is 4.79 Å². The Kier molecular flexibility index (Phi) is 2.48. The monoisotopic (exact) mass is 208 g/mol. The number of hydrogen-bond donors (Lipinski definition) is 0. The van der Waals surface area contributed by atoms with Gasteiger partial charge >= 0.3 is 0 Å². The zero-order valence-corrected chi connectivity index (χ0v) is 10.6. The molecule has 86 valence electrons. The van der Waals surface area contributed by atoms with E-state index in [1.807, 2.05) is 0 Å². The van der Waals surface area contributed by atoms with Crippen molar-refractivity contribution in [3.8, 4) is 0 Å². The van der Waals surface area contributed by atoms with Crippen LogP contribution < -0.4 is 0 Å². The molecule has 2 rings (SSSR count). The minimum atomic E-state index is 0.000185. The van der Waals surface area contributed by atoms with E-state index in [4.69, 9.17) is 0 Å². The maximum atomic E-state index is 12.2. The van der Waals surface area contributed by atoms with Crippen molar-refractivity contribution in [2.24, 2.45) is 22.7 Å². The van der Waals surface area contributed by atoms with Gasteiger partial charge in [-0.15, -0.1) is 0 Å². The summed E-state index contributed by atoms with van der Waals surface area (Å²) in [6.45, 7) is 9.25. The Morgan fingerprint density at radius 2 is 1.93 bits per heavy atom. The van der Waals surface area contributed by atoms with Crippen LogP contribution in [0.2, 0.25) is 0 Å². The molecule has 0 aromatic carbocycles. The number of carbonyl (C=O) groups excluding carboxylic acids is 1. The highest BCUT2D eigenvalue weighted by molar-refractivity contribution is 5.86. The minimum absolute atomic E-state index is 0.000185. The summed E-state index contributed by atoms with van der Waals surface area (Å²) in [4.78, 5) is 12.2. The fourth-order valence-electron chi connectivity index (χ4n) is 4.34. The number of carbonyl (C=O) groups is 1. The zero-order valence-electron chi connectivity index (χ0n) is 10.6. The molecule has 0 aromatic heterocycles. The summed E-state index contributed by atoms with van der Waals surface area (Å²) >= 11 is 0. The van der Waals surface area contributed by atoms with E-state index in [9.17, 15) is 4.79 Å². The highest BCUT2D eigenvalue weighted by Crippen LogP contribution is 2.63. The van der Waals surface area contributed by atoms with Crippen molar-refractivity contribution in [2.75, 3.05) is 0 Å². The van der Waals surface area contributed by atoms with Crippen LogP contribution in [0.25, 0.3) is 0 Å². The van der Waals surface area contributed by atoms with Gasteiger partial charge in [-0.25, -0.2) is 0 Å². The molecule has 0 spiro atoms. The van der Waals surface area contributed by atoms with Crippen LogP contribution in [0.5, 0.6) is 0 Å². The quantitative estimate of drug-likeness (QED) is 0.640. The molecular formula is C14H24O. The highest BCUT2D eigenvalue weighted by Gasteiger charge is 2.59. The van der Waals surface area contributed by atoms with E-state index in [0.717, 1.165) is 31.1 Å². The third-order valence-electron chi connectivity index (χ3n) is 5.55. The first kappa shape index (κ1) is 11.2. The molecule has 0 radical (unpaired) electrons. The molecule has 3 atom stereocenters. The van der Waals surface area contributed by atoms with E-state index in [1.54, 1.807) is 0 Å². The van der Waals surface area contributed by atoms with E-state index in [-0.39, 0.29) is 10.8 Å². The predicted molar refractivity (Wildman–Crippen MR) is 62.6 cm³/mol. The molecule has 2 unspecified atom stereocenters. The first-order valence-corrected chi connectivity index (χ1v) is 6.45. The second-order valence-electron chi connectivity index (χ2n) is 6.42. The molecule has 15 heavy (non-hydrogen) atoms. The van der Waals surface area contributed by atoms with Crippen molar-refractivity contribution in [3.05, 3.63) is 0 Å². The highest BCUT2D eigenvalue weighted by atomic mass is 16.1. The lowest BCUT2D eigenvalue weighted by molar-refractivity contribution is -0.139. The smallest absolute Gasteiger partial charge is 0.139 e. The summed E-state index contributed by atoms with van der Waals surface area (Å²) < 4.78 is 0. The lowest BCUT2D eigenvalue weighted by atomic mass is 9.55. The summed E-state index contributed by atoms with van der Waals surface area (Å²) in [7, 11) is 0. The normalized spacial score (nSPS) is 45.9. The van der Waals surface area contributed by atoms with Gasteiger partial charge < -0.3 is 0 Å². The molecule has 2 aliphatic carbocycles. The first-order chi connectivity index (χ1) is 6.92. The summed E-state index contributed by atoms with van der Waals surface area (Å²) in [5.41, 5.74) is 0.288. The summed E-state index contributed by atoms with van der Waals surface area (Å²) in [6.07, 6.45) is 5.60. The number of ketones is 1. The van der Waals surface area contributed by atoms with Crippen LogP contribution in [-0.2, 0) is 4.79 Å². The Hall–Kier alpha value is -0.330. The average molecular weight is 208 g/mol. The van der Waals surface area contributed by atoms with Gasteiger partial charge in [0.05, 0.1) is 0 Å². The molecular weight excluding hydrogens is 184 g/mol. The Bertz CT molecular complexity index is 281. The van der Waals surface area contributed by atoms with Crippen LogP contribution in [0.3, 0.4) is 0 Å². The van der Waals surface area contributed by atoms with Crippen LogP contribution in [0, 0.1) is 22.7 Å². The van der Waals surface area contributed by atoms with Crippen molar-refractivity contribution in [1.82, 2.24) is 0 Å². The molecule has 0 N–H and O–H groups in total. The van der Waals surface area contributed by atoms with Crippen LogP contribution >= 0.6 is 0 Å². The van der Waals surface area contributed by atoms with E-state index >= 15 is 0 Å². The molecule has 2 aliphatic rings. The van der Waals surface area contributed by atoms with Gasteiger partial charge in [0, 0.05) is 11.8 Å². The Morgan fingerprint density at radius 3 is 2.53 bits per heavy atom. The SMILES string of the molecule is CC(C)C1CCC2(C)C(=O)CCC[C@]12C. The van der Waals surface area contributed by atoms with Crippen molar-refractivity contribution in [3.63, 3.8) is 0 Å². The molecule has 1 nitrogen and oxygen atoms in total. The number of Topliss-reactive ketones (excluding diaryl/α,β-unsaturated/α-hetero) is 1. The molecule has 0 heterocycles. The third kappa shape index (κ3) is 1.31. The lowest BCUT2D eigenvalue weighted by Gasteiger charge is -2.48. The summed E-state index contributed by atoms with van der Waals surface area (Å²) in [5, 5.41) is 0. The van der Waals surface area contributed by atoms with Gasteiger partial charge in [-0.3, -0.25) is 4.79 Å². The zero-order chi connectivity index (χ0) is 11.3. The standard InChI is InChI=1S/C14H24O/c1-10(2)11-7-9-14(4)12(15)6-5-8-13(11,14)3/h10-11H,5-9H2,1-4H3/t11?,13-,14?/m1/s1. The van der Waals surface area contributed by atoms with Crippen LogP contribution in [0.4, 0.5) is 0 Å². The molecule has 0 aliphatic heterocycles. The van der Waals surface area contributed by atoms with Crippen LogP contribution in [-0.4, -0.2) is 5.78 Å². The number of rotatable bonds is 1. The second-order valence-corrected chi connectivity index (χ2v) is 6.42. The van der Waals surface area contributed by atoms with Crippen molar-refractivity contribution >= 4 is 5.78 Å². The maximum absolute atomic E-state index is 12.2. The topological polar surface area (TPSA) is 17.1 Å². The van der Waals surface area contributed by atoms with E-state index in [1.165, 1.54) is 12.8 Å².